The number of nitrogens with one attached hydrogen (secondary N) is 1. The molecule has 3 rings (SSSR count). The monoisotopic (exact) mass is 309 g/mol. The van der Waals surface area contributed by atoms with E-state index in [4.69, 9.17) is 5.11 Å². The van der Waals surface area contributed by atoms with Crippen molar-refractivity contribution in [3.8, 4) is 5.69 Å². The highest BCUT2D eigenvalue weighted by Crippen LogP contribution is 2.20. The summed E-state index contributed by atoms with van der Waals surface area (Å²) in [4.78, 5) is 27.1. The molecule has 6 heteroatoms. The number of aldehydes is 1. The van der Waals surface area contributed by atoms with Crippen LogP contribution in [0.4, 0.5) is 0 Å². The Labute approximate surface area is 132 Å². The van der Waals surface area contributed by atoms with Gasteiger partial charge in [-0.3, -0.25) is 9.59 Å². The van der Waals surface area contributed by atoms with Crippen LogP contribution in [0.2, 0.25) is 0 Å². The second-order valence-corrected chi connectivity index (χ2v) is 5.01. The minimum Gasteiger partial charge on any atom is -0.395 e. The van der Waals surface area contributed by atoms with E-state index in [9.17, 15) is 9.59 Å². The molecule has 116 valence electrons. The maximum absolute atomic E-state index is 12.0. The molecular formula is C17H15N3O3. The van der Waals surface area contributed by atoms with E-state index in [2.05, 4.69) is 10.3 Å². The van der Waals surface area contributed by atoms with Gasteiger partial charge in [-0.15, -0.1) is 0 Å². The molecule has 1 amide bonds. The van der Waals surface area contributed by atoms with E-state index in [-0.39, 0.29) is 19.1 Å². The maximum atomic E-state index is 12.0. The summed E-state index contributed by atoms with van der Waals surface area (Å²) in [6.45, 7) is 0.113. The Bertz CT molecular complexity index is 870. The number of aliphatic hydroxyl groups is 1. The first-order valence-corrected chi connectivity index (χ1v) is 7.14. The number of aromatic nitrogens is 2. The minimum atomic E-state index is -0.242. The van der Waals surface area contributed by atoms with Crippen LogP contribution in [-0.2, 0) is 0 Å². The lowest BCUT2D eigenvalue weighted by Crippen LogP contribution is -2.26. The Morgan fingerprint density at radius 2 is 2.17 bits per heavy atom. The summed E-state index contributed by atoms with van der Waals surface area (Å²) in [5.41, 5.74) is 2.53. The van der Waals surface area contributed by atoms with Crippen molar-refractivity contribution in [1.29, 1.82) is 0 Å². The molecule has 0 radical (unpaired) electrons. The van der Waals surface area contributed by atoms with E-state index in [0.29, 0.717) is 16.8 Å². The topological polar surface area (TPSA) is 84.2 Å². The minimum absolute atomic E-state index is 0.101. The number of aliphatic hydroxyl groups excluding tert-OH is 1. The van der Waals surface area contributed by atoms with Gasteiger partial charge in [0.1, 0.15) is 5.65 Å². The van der Waals surface area contributed by atoms with Crippen LogP contribution in [-0.4, -0.2) is 40.0 Å². The van der Waals surface area contributed by atoms with Gasteiger partial charge in [-0.05, 0) is 30.3 Å². The normalized spacial score (nSPS) is 10.7. The number of carbonyl (C=O) groups excluding carboxylic acids is 2. The lowest BCUT2D eigenvalue weighted by atomic mass is 10.2. The first-order chi connectivity index (χ1) is 11.2. The molecule has 0 bridgehead atoms. The average molecular weight is 309 g/mol. The smallest absolute Gasteiger partial charge is 0.251 e. The van der Waals surface area contributed by atoms with Crippen LogP contribution in [0.25, 0.3) is 16.7 Å². The molecule has 0 unspecified atom stereocenters. The van der Waals surface area contributed by atoms with Crippen LogP contribution >= 0.6 is 0 Å². The summed E-state index contributed by atoms with van der Waals surface area (Å²) in [7, 11) is 0. The Morgan fingerprint density at radius 1 is 1.30 bits per heavy atom. The van der Waals surface area contributed by atoms with Gasteiger partial charge in [-0.2, -0.15) is 0 Å². The van der Waals surface area contributed by atoms with E-state index < -0.39 is 0 Å². The Balaban J connectivity index is 1.99. The lowest BCUT2D eigenvalue weighted by Gasteiger charge is -2.08. The third-order valence-electron chi connectivity index (χ3n) is 3.47. The standard InChI is InChI=1S/C17H15N3O3/c21-7-5-18-17(23)14-2-1-3-15(9-14)20-6-4-13-8-12(11-22)10-19-16(13)20/h1-4,6,8-11,21H,5,7H2,(H,18,23). The van der Waals surface area contributed by atoms with Gasteiger partial charge in [-0.1, -0.05) is 6.07 Å². The average Bonchev–Trinajstić information content (AvgIpc) is 3.02. The van der Waals surface area contributed by atoms with Crippen molar-refractivity contribution < 1.29 is 14.7 Å². The number of carbonyl (C=O) groups is 2. The summed E-state index contributed by atoms with van der Waals surface area (Å²) in [5, 5.41) is 12.2. The fourth-order valence-electron chi connectivity index (χ4n) is 2.38. The van der Waals surface area contributed by atoms with Crippen LogP contribution in [0, 0.1) is 0 Å². The molecule has 0 saturated carbocycles. The number of hydrogen-bond donors (Lipinski definition) is 2. The largest absolute Gasteiger partial charge is 0.395 e. The van der Waals surface area contributed by atoms with Crippen molar-refractivity contribution in [3.63, 3.8) is 0 Å². The molecule has 3 aromatic rings. The Morgan fingerprint density at radius 3 is 2.96 bits per heavy atom. The van der Waals surface area contributed by atoms with Crippen LogP contribution in [0.3, 0.4) is 0 Å². The van der Waals surface area contributed by atoms with Gasteiger partial charge in [0, 0.05) is 41.1 Å². The predicted molar refractivity (Wildman–Crippen MR) is 85.9 cm³/mol. The van der Waals surface area contributed by atoms with E-state index >= 15 is 0 Å². The van der Waals surface area contributed by atoms with Crippen molar-refractivity contribution in [3.05, 3.63) is 59.9 Å². The number of amides is 1. The number of hydrogen-bond acceptors (Lipinski definition) is 4. The maximum Gasteiger partial charge on any atom is 0.251 e. The van der Waals surface area contributed by atoms with Crippen molar-refractivity contribution in [2.24, 2.45) is 0 Å². The molecule has 6 nitrogen and oxygen atoms in total. The summed E-state index contributed by atoms with van der Waals surface area (Å²) in [6, 6.07) is 10.8. The van der Waals surface area contributed by atoms with Crippen molar-refractivity contribution in [2.45, 2.75) is 0 Å². The molecule has 0 saturated heterocycles. The molecule has 2 heterocycles. The van der Waals surface area contributed by atoms with E-state index in [0.717, 1.165) is 17.4 Å². The molecule has 0 aliphatic carbocycles. The number of benzene rings is 1. The SMILES string of the molecule is O=Cc1cnc2c(ccn2-c2cccc(C(=O)NCCO)c2)c1. The number of rotatable bonds is 5. The Hall–Kier alpha value is -2.99. The highest BCUT2D eigenvalue weighted by atomic mass is 16.3. The molecule has 2 N–H and O–H groups in total. The number of pyridine rings is 1. The van der Waals surface area contributed by atoms with Crippen LogP contribution in [0.5, 0.6) is 0 Å². The lowest BCUT2D eigenvalue weighted by molar-refractivity contribution is 0.0944. The second-order valence-electron chi connectivity index (χ2n) is 5.01. The fourth-order valence-corrected chi connectivity index (χ4v) is 2.38. The van der Waals surface area contributed by atoms with E-state index in [1.54, 1.807) is 24.3 Å². The van der Waals surface area contributed by atoms with Gasteiger partial charge < -0.3 is 15.0 Å². The van der Waals surface area contributed by atoms with Gasteiger partial charge in [-0.25, -0.2) is 4.98 Å². The van der Waals surface area contributed by atoms with Gasteiger partial charge in [0.05, 0.1) is 6.61 Å². The summed E-state index contributed by atoms with van der Waals surface area (Å²) in [5.74, 6) is -0.242. The zero-order valence-electron chi connectivity index (χ0n) is 12.3. The van der Waals surface area contributed by atoms with Crippen LogP contribution in [0.1, 0.15) is 20.7 Å². The summed E-state index contributed by atoms with van der Waals surface area (Å²) in [6.07, 6.45) is 4.12. The Kier molecular flexibility index (Phi) is 4.16. The molecule has 2 aromatic heterocycles. The highest BCUT2D eigenvalue weighted by Gasteiger charge is 2.09. The predicted octanol–water partition coefficient (Wildman–Crippen LogP) is 1.56. The molecule has 0 atom stereocenters. The fraction of sp³-hybridized carbons (Fsp3) is 0.118. The van der Waals surface area contributed by atoms with Crippen LogP contribution in [0.15, 0.2) is 48.8 Å². The molecule has 0 aliphatic heterocycles. The molecule has 0 fully saturated rings. The number of nitrogens with zero attached hydrogens (tertiary/aromatic N) is 2. The van der Waals surface area contributed by atoms with Crippen molar-refractivity contribution >= 4 is 23.2 Å². The zero-order valence-corrected chi connectivity index (χ0v) is 12.3. The summed E-state index contributed by atoms with van der Waals surface area (Å²) >= 11 is 0. The first kappa shape index (κ1) is 14.9. The van der Waals surface area contributed by atoms with E-state index in [1.165, 1.54) is 6.20 Å². The second kappa shape index (κ2) is 6.41. The third-order valence-corrected chi connectivity index (χ3v) is 3.47. The molecular weight excluding hydrogens is 294 g/mol. The van der Waals surface area contributed by atoms with Crippen LogP contribution < -0.4 is 5.32 Å². The zero-order chi connectivity index (χ0) is 16.2. The first-order valence-electron chi connectivity index (χ1n) is 7.14. The van der Waals surface area contributed by atoms with Gasteiger partial charge in [0.25, 0.3) is 5.91 Å². The van der Waals surface area contributed by atoms with E-state index in [1.807, 2.05) is 22.9 Å². The molecule has 0 aliphatic rings. The molecule has 1 aromatic carbocycles. The van der Waals surface area contributed by atoms with Gasteiger partial charge in [0.15, 0.2) is 6.29 Å². The number of fused-ring (bicyclic) bond motifs is 1. The quantitative estimate of drug-likeness (QED) is 0.701. The molecule has 0 spiro atoms. The van der Waals surface area contributed by atoms with Gasteiger partial charge in [0.2, 0.25) is 0 Å². The molecule has 23 heavy (non-hydrogen) atoms. The van der Waals surface area contributed by atoms with Crippen molar-refractivity contribution in [1.82, 2.24) is 14.9 Å². The summed E-state index contributed by atoms with van der Waals surface area (Å²) < 4.78 is 1.85. The van der Waals surface area contributed by atoms with Gasteiger partial charge >= 0.3 is 0 Å². The third kappa shape index (κ3) is 2.97. The van der Waals surface area contributed by atoms with Crippen molar-refractivity contribution in [2.75, 3.05) is 13.2 Å². The highest BCUT2D eigenvalue weighted by molar-refractivity contribution is 5.95.